The number of hydrogen-bond acceptors (Lipinski definition) is 3. The van der Waals surface area contributed by atoms with Crippen LogP contribution >= 0.6 is 11.6 Å². The molecule has 2 aromatic heterocycles. The monoisotopic (exact) mass is 350 g/mol. The number of pyridine rings is 1. The molecule has 5 heteroatoms. The summed E-state index contributed by atoms with van der Waals surface area (Å²) in [5.74, 6) is 0.539. The average Bonchev–Trinajstić information content (AvgIpc) is 3.31. The third-order valence-electron chi connectivity index (χ3n) is 5.46. The Kier molecular flexibility index (Phi) is 3.21. The Labute approximate surface area is 151 Å². The minimum atomic E-state index is -0.246. The normalized spacial score (nSPS) is 25.0. The molecule has 0 aliphatic carbocycles. The molecule has 126 valence electrons. The summed E-state index contributed by atoms with van der Waals surface area (Å²) < 4.78 is 2.21. The van der Waals surface area contributed by atoms with Crippen molar-refractivity contribution in [2.75, 3.05) is 13.1 Å². The van der Waals surface area contributed by atoms with Crippen molar-refractivity contribution in [2.45, 2.75) is 12.5 Å². The Morgan fingerprint density at radius 3 is 2.84 bits per heavy atom. The quantitative estimate of drug-likeness (QED) is 0.742. The van der Waals surface area contributed by atoms with Gasteiger partial charge >= 0.3 is 0 Å². The van der Waals surface area contributed by atoms with Gasteiger partial charge in [-0.2, -0.15) is 0 Å². The van der Waals surface area contributed by atoms with Gasteiger partial charge in [0.2, 0.25) is 0 Å². The summed E-state index contributed by atoms with van der Waals surface area (Å²) >= 11 is 6.09. The van der Waals surface area contributed by atoms with E-state index in [1.807, 2.05) is 30.3 Å². The number of benzene rings is 1. The second-order valence-electron chi connectivity index (χ2n) is 6.96. The van der Waals surface area contributed by atoms with E-state index in [2.05, 4.69) is 46.5 Å². The highest BCUT2D eigenvalue weighted by Gasteiger charge is 2.46. The van der Waals surface area contributed by atoms with E-state index in [1.54, 1.807) is 0 Å². The van der Waals surface area contributed by atoms with E-state index >= 15 is 0 Å². The molecule has 4 nitrogen and oxygen atoms in total. The molecule has 3 aromatic rings. The van der Waals surface area contributed by atoms with Crippen LogP contribution in [0.1, 0.15) is 12.6 Å². The molecule has 2 aliphatic heterocycles. The number of nitrogens with zero attached hydrogens (tertiary/aromatic N) is 2. The van der Waals surface area contributed by atoms with Crippen molar-refractivity contribution in [3.05, 3.63) is 71.2 Å². The highest BCUT2D eigenvalue weighted by Crippen LogP contribution is 2.44. The predicted octanol–water partition coefficient (Wildman–Crippen LogP) is 3.58. The second-order valence-corrected chi connectivity index (χ2v) is 7.39. The summed E-state index contributed by atoms with van der Waals surface area (Å²) in [7, 11) is 0. The van der Waals surface area contributed by atoms with Gasteiger partial charge in [-0.25, -0.2) is 4.98 Å². The number of halogens is 1. The molecule has 1 aromatic carbocycles. The molecule has 0 amide bonds. The lowest BCUT2D eigenvalue weighted by Crippen LogP contribution is -2.36. The van der Waals surface area contributed by atoms with Gasteiger partial charge in [0.15, 0.2) is 0 Å². The molecule has 2 atom stereocenters. The SMILES string of the molecule is CC1(c2c(-c3ccc(Cl)cc3)nc3ccccn23)NCC2CNC=C21. The van der Waals surface area contributed by atoms with E-state index in [0.29, 0.717) is 5.92 Å². The zero-order chi connectivity index (χ0) is 17.0. The Bertz CT molecular complexity index is 989. The molecular formula is C20H19ClN4. The van der Waals surface area contributed by atoms with Crippen LogP contribution in [0.4, 0.5) is 0 Å². The van der Waals surface area contributed by atoms with Crippen LogP contribution in [0.15, 0.2) is 60.4 Å². The van der Waals surface area contributed by atoms with E-state index < -0.39 is 0 Å². The first-order chi connectivity index (χ1) is 12.2. The molecule has 2 aliphatic rings. The fourth-order valence-corrected chi connectivity index (χ4v) is 4.33. The van der Waals surface area contributed by atoms with Crippen molar-refractivity contribution in [1.82, 2.24) is 20.0 Å². The Hall–Kier alpha value is -2.30. The largest absolute Gasteiger partial charge is 0.390 e. The van der Waals surface area contributed by atoms with Crippen LogP contribution in [0.5, 0.6) is 0 Å². The summed E-state index contributed by atoms with van der Waals surface area (Å²) in [5.41, 5.74) is 5.40. The number of hydrogen-bond donors (Lipinski definition) is 2. The van der Waals surface area contributed by atoms with Crippen LogP contribution in [0, 0.1) is 5.92 Å². The molecular weight excluding hydrogens is 332 g/mol. The number of aromatic nitrogens is 2. The van der Waals surface area contributed by atoms with Gasteiger partial charge in [-0.3, -0.25) is 0 Å². The first kappa shape index (κ1) is 15.0. The molecule has 0 spiro atoms. The molecule has 5 rings (SSSR count). The lowest BCUT2D eigenvalue weighted by atomic mass is 9.85. The Balaban J connectivity index is 1.79. The molecule has 1 fully saturated rings. The van der Waals surface area contributed by atoms with Crippen LogP contribution in [0.3, 0.4) is 0 Å². The summed E-state index contributed by atoms with van der Waals surface area (Å²) in [5, 5.41) is 7.90. The summed E-state index contributed by atoms with van der Waals surface area (Å²) in [4.78, 5) is 4.95. The summed E-state index contributed by atoms with van der Waals surface area (Å²) in [6, 6.07) is 14.1. The molecule has 2 unspecified atom stereocenters. The van der Waals surface area contributed by atoms with Gasteiger partial charge < -0.3 is 15.0 Å². The maximum absolute atomic E-state index is 6.09. The van der Waals surface area contributed by atoms with Crippen molar-refractivity contribution < 1.29 is 0 Å². The van der Waals surface area contributed by atoms with Crippen LogP contribution in [-0.4, -0.2) is 22.5 Å². The molecule has 25 heavy (non-hydrogen) atoms. The van der Waals surface area contributed by atoms with E-state index in [1.165, 1.54) is 11.3 Å². The third kappa shape index (κ3) is 2.14. The van der Waals surface area contributed by atoms with Crippen molar-refractivity contribution in [3.63, 3.8) is 0 Å². The molecule has 0 bridgehead atoms. The standard InChI is InChI=1S/C20H19ClN4/c1-20(16-12-22-10-14(16)11-23-20)19-18(13-5-7-15(21)8-6-13)24-17-4-2-3-9-25(17)19/h2-9,12,14,22-23H,10-11H2,1H3. The van der Waals surface area contributed by atoms with Gasteiger partial charge in [-0.15, -0.1) is 0 Å². The van der Waals surface area contributed by atoms with Crippen LogP contribution in [0.25, 0.3) is 16.9 Å². The number of nitrogens with one attached hydrogen (secondary N) is 2. The molecule has 2 N–H and O–H groups in total. The number of imidazole rings is 1. The lowest BCUT2D eigenvalue weighted by Gasteiger charge is -2.27. The third-order valence-corrected chi connectivity index (χ3v) is 5.71. The topological polar surface area (TPSA) is 41.4 Å². The van der Waals surface area contributed by atoms with E-state index in [0.717, 1.165) is 35.0 Å². The van der Waals surface area contributed by atoms with Gasteiger partial charge in [0.05, 0.1) is 16.9 Å². The smallest absolute Gasteiger partial charge is 0.137 e. The van der Waals surface area contributed by atoms with E-state index in [4.69, 9.17) is 16.6 Å². The number of rotatable bonds is 2. The van der Waals surface area contributed by atoms with Gasteiger partial charge in [0, 0.05) is 35.8 Å². The number of fused-ring (bicyclic) bond motifs is 2. The second kappa shape index (κ2) is 5.35. The van der Waals surface area contributed by atoms with Crippen LogP contribution < -0.4 is 10.6 Å². The zero-order valence-electron chi connectivity index (χ0n) is 14.0. The first-order valence-corrected chi connectivity index (χ1v) is 8.97. The Morgan fingerprint density at radius 1 is 1.16 bits per heavy atom. The summed E-state index contributed by atoms with van der Waals surface area (Å²) in [6.45, 7) is 4.25. The molecule has 1 saturated heterocycles. The van der Waals surface area contributed by atoms with Gasteiger partial charge in [-0.1, -0.05) is 29.8 Å². The van der Waals surface area contributed by atoms with Gasteiger partial charge in [-0.05, 0) is 43.0 Å². The fraction of sp³-hybridized carbons (Fsp3) is 0.250. The van der Waals surface area contributed by atoms with Gasteiger partial charge in [0.25, 0.3) is 0 Å². The first-order valence-electron chi connectivity index (χ1n) is 8.59. The maximum Gasteiger partial charge on any atom is 0.137 e. The Morgan fingerprint density at radius 2 is 2.00 bits per heavy atom. The predicted molar refractivity (Wildman–Crippen MR) is 101 cm³/mol. The van der Waals surface area contributed by atoms with E-state index in [-0.39, 0.29) is 5.54 Å². The van der Waals surface area contributed by atoms with E-state index in [9.17, 15) is 0 Å². The highest BCUT2D eigenvalue weighted by atomic mass is 35.5. The van der Waals surface area contributed by atoms with Crippen LogP contribution in [-0.2, 0) is 5.54 Å². The molecule has 0 saturated carbocycles. The average molecular weight is 351 g/mol. The molecule has 4 heterocycles. The van der Waals surface area contributed by atoms with Gasteiger partial charge in [0.1, 0.15) is 5.65 Å². The van der Waals surface area contributed by atoms with Crippen molar-refractivity contribution in [2.24, 2.45) is 5.92 Å². The van der Waals surface area contributed by atoms with Crippen molar-refractivity contribution >= 4 is 17.2 Å². The highest BCUT2D eigenvalue weighted by molar-refractivity contribution is 6.30. The van der Waals surface area contributed by atoms with Crippen molar-refractivity contribution in [1.29, 1.82) is 0 Å². The summed E-state index contributed by atoms with van der Waals surface area (Å²) in [6.07, 6.45) is 4.28. The minimum Gasteiger partial charge on any atom is -0.390 e. The van der Waals surface area contributed by atoms with Crippen molar-refractivity contribution in [3.8, 4) is 11.3 Å². The lowest BCUT2D eigenvalue weighted by molar-refractivity contribution is 0.484. The maximum atomic E-state index is 6.09. The molecule has 0 radical (unpaired) electrons. The minimum absolute atomic E-state index is 0.246. The van der Waals surface area contributed by atoms with Crippen LogP contribution in [0.2, 0.25) is 5.02 Å². The fourth-order valence-electron chi connectivity index (χ4n) is 4.21. The zero-order valence-corrected chi connectivity index (χ0v) is 14.7.